The Kier molecular flexibility index (Phi) is 2.03. The standard InChI is InChI=1S/C14H25N/c1-13(2)10-7-8-14(3,9-10)12(13)15-11-5-4-6-11/h10-12,15H,4-9H2,1-3H3/t10-,12?,14+/m0/s1. The van der Waals surface area contributed by atoms with Gasteiger partial charge in [0.1, 0.15) is 0 Å². The SMILES string of the molecule is CC1(C)C(NC2CCC2)[C@]2(C)CC[C@H]1C2. The minimum atomic E-state index is 0.544. The van der Waals surface area contributed by atoms with Crippen LogP contribution in [0.15, 0.2) is 0 Å². The summed E-state index contributed by atoms with van der Waals surface area (Å²) in [5.74, 6) is 0.986. The third-order valence-electron chi connectivity index (χ3n) is 5.78. The van der Waals surface area contributed by atoms with Crippen LogP contribution in [0.4, 0.5) is 0 Å². The molecular formula is C14H25N. The van der Waals surface area contributed by atoms with E-state index in [1.807, 2.05) is 0 Å². The Hall–Kier alpha value is -0.0400. The van der Waals surface area contributed by atoms with Crippen molar-refractivity contribution in [1.29, 1.82) is 0 Å². The zero-order valence-corrected chi connectivity index (χ0v) is 10.5. The molecule has 1 heteroatoms. The van der Waals surface area contributed by atoms with Gasteiger partial charge in [-0.25, -0.2) is 0 Å². The molecule has 0 heterocycles. The van der Waals surface area contributed by atoms with Gasteiger partial charge in [0.15, 0.2) is 0 Å². The lowest BCUT2D eigenvalue weighted by Crippen LogP contribution is -2.55. The molecule has 0 radical (unpaired) electrons. The zero-order chi connectivity index (χ0) is 10.7. The molecule has 0 spiro atoms. The summed E-state index contributed by atoms with van der Waals surface area (Å²) >= 11 is 0. The van der Waals surface area contributed by atoms with E-state index in [0.717, 1.165) is 18.0 Å². The van der Waals surface area contributed by atoms with E-state index in [4.69, 9.17) is 0 Å². The lowest BCUT2D eigenvalue weighted by molar-refractivity contribution is 0.0861. The van der Waals surface area contributed by atoms with Crippen LogP contribution in [-0.2, 0) is 0 Å². The Morgan fingerprint density at radius 3 is 2.27 bits per heavy atom. The fourth-order valence-corrected chi connectivity index (χ4v) is 4.53. The van der Waals surface area contributed by atoms with Crippen LogP contribution >= 0.6 is 0 Å². The predicted molar refractivity (Wildman–Crippen MR) is 63.8 cm³/mol. The van der Waals surface area contributed by atoms with E-state index in [1.165, 1.54) is 38.5 Å². The van der Waals surface area contributed by atoms with Gasteiger partial charge in [-0.3, -0.25) is 0 Å². The fourth-order valence-electron chi connectivity index (χ4n) is 4.53. The lowest BCUT2D eigenvalue weighted by atomic mass is 9.67. The highest BCUT2D eigenvalue weighted by Gasteiger charge is 2.59. The van der Waals surface area contributed by atoms with E-state index in [1.54, 1.807) is 0 Å². The summed E-state index contributed by atoms with van der Waals surface area (Å²) in [5.41, 5.74) is 1.16. The highest BCUT2D eigenvalue weighted by molar-refractivity contribution is 5.12. The summed E-state index contributed by atoms with van der Waals surface area (Å²) < 4.78 is 0. The number of hydrogen-bond acceptors (Lipinski definition) is 1. The molecule has 3 aliphatic rings. The van der Waals surface area contributed by atoms with E-state index in [9.17, 15) is 0 Å². The van der Waals surface area contributed by atoms with Gasteiger partial charge in [0.2, 0.25) is 0 Å². The molecule has 0 amide bonds. The van der Waals surface area contributed by atoms with E-state index >= 15 is 0 Å². The molecule has 0 aromatic rings. The van der Waals surface area contributed by atoms with Crippen LogP contribution in [0.1, 0.15) is 59.3 Å². The first kappa shape index (κ1) is 10.1. The molecule has 3 saturated carbocycles. The van der Waals surface area contributed by atoms with Crippen LogP contribution in [0.2, 0.25) is 0 Å². The molecule has 3 fully saturated rings. The average molecular weight is 207 g/mol. The largest absolute Gasteiger partial charge is 0.310 e. The van der Waals surface area contributed by atoms with Crippen LogP contribution in [0.25, 0.3) is 0 Å². The fraction of sp³-hybridized carbons (Fsp3) is 1.00. The second-order valence-electron chi connectivity index (χ2n) is 7.14. The minimum Gasteiger partial charge on any atom is -0.310 e. The van der Waals surface area contributed by atoms with Crippen LogP contribution in [0, 0.1) is 16.7 Å². The molecule has 2 bridgehead atoms. The topological polar surface area (TPSA) is 12.0 Å². The van der Waals surface area contributed by atoms with Crippen molar-refractivity contribution in [1.82, 2.24) is 5.32 Å². The molecule has 1 nitrogen and oxygen atoms in total. The van der Waals surface area contributed by atoms with Gasteiger partial charge in [-0.1, -0.05) is 27.2 Å². The van der Waals surface area contributed by atoms with Gasteiger partial charge in [0.05, 0.1) is 0 Å². The maximum atomic E-state index is 3.98. The quantitative estimate of drug-likeness (QED) is 0.732. The van der Waals surface area contributed by atoms with Gasteiger partial charge in [-0.2, -0.15) is 0 Å². The van der Waals surface area contributed by atoms with Crippen LogP contribution in [-0.4, -0.2) is 12.1 Å². The van der Waals surface area contributed by atoms with Gasteiger partial charge < -0.3 is 5.32 Å². The van der Waals surface area contributed by atoms with Gasteiger partial charge in [-0.05, 0) is 48.9 Å². The summed E-state index contributed by atoms with van der Waals surface area (Å²) in [4.78, 5) is 0. The van der Waals surface area contributed by atoms with Gasteiger partial charge in [-0.15, -0.1) is 0 Å². The van der Waals surface area contributed by atoms with Crippen LogP contribution in [0.5, 0.6) is 0 Å². The van der Waals surface area contributed by atoms with Crippen molar-refractivity contribution in [2.45, 2.75) is 71.4 Å². The van der Waals surface area contributed by atoms with Crippen molar-refractivity contribution < 1.29 is 0 Å². The van der Waals surface area contributed by atoms with Crippen molar-refractivity contribution in [2.75, 3.05) is 0 Å². The summed E-state index contributed by atoms with van der Waals surface area (Å²) in [6, 6.07) is 1.64. The van der Waals surface area contributed by atoms with Gasteiger partial charge >= 0.3 is 0 Å². The highest BCUT2D eigenvalue weighted by Crippen LogP contribution is 2.62. The Labute approximate surface area is 94.0 Å². The molecule has 0 aromatic heterocycles. The summed E-state index contributed by atoms with van der Waals surface area (Å²) in [6.45, 7) is 7.52. The number of hydrogen-bond donors (Lipinski definition) is 1. The van der Waals surface area contributed by atoms with E-state index in [0.29, 0.717) is 10.8 Å². The molecule has 3 atom stereocenters. The van der Waals surface area contributed by atoms with Crippen LogP contribution < -0.4 is 5.32 Å². The third kappa shape index (κ3) is 1.32. The maximum absolute atomic E-state index is 3.98. The zero-order valence-electron chi connectivity index (χ0n) is 10.5. The summed E-state index contributed by atoms with van der Waals surface area (Å²) in [6.07, 6.45) is 8.72. The maximum Gasteiger partial charge on any atom is 0.0177 e. The lowest BCUT2D eigenvalue weighted by Gasteiger charge is -2.46. The van der Waals surface area contributed by atoms with Crippen LogP contribution in [0.3, 0.4) is 0 Å². The minimum absolute atomic E-state index is 0.544. The number of rotatable bonds is 2. The number of nitrogens with one attached hydrogen (secondary N) is 1. The summed E-state index contributed by atoms with van der Waals surface area (Å²) in [5, 5.41) is 3.98. The normalized spacial score (nSPS) is 48.2. The highest BCUT2D eigenvalue weighted by atomic mass is 15.0. The van der Waals surface area contributed by atoms with E-state index < -0.39 is 0 Å². The number of fused-ring (bicyclic) bond motifs is 2. The first-order chi connectivity index (χ1) is 7.02. The molecular weight excluding hydrogens is 182 g/mol. The second kappa shape index (κ2) is 3.00. The van der Waals surface area contributed by atoms with Crippen molar-refractivity contribution in [3.05, 3.63) is 0 Å². The van der Waals surface area contributed by atoms with Crippen molar-refractivity contribution >= 4 is 0 Å². The molecule has 0 aliphatic heterocycles. The van der Waals surface area contributed by atoms with Crippen molar-refractivity contribution in [3.8, 4) is 0 Å². The van der Waals surface area contributed by atoms with Crippen molar-refractivity contribution in [2.24, 2.45) is 16.7 Å². The molecule has 3 rings (SSSR count). The Bertz CT molecular complexity index is 262. The Morgan fingerprint density at radius 2 is 1.80 bits per heavy atom. The Balaban J connectivity index is 1.79. The third-order valence-corrected chi connectivity index (χ3v) is 5.78. The molecule has 0 saturated heterocycles. The monoisotopic (exact) mass is 207 g/mol. The average Bonchev–Trinajstić information content (AvgIpc) is 2.52. The second-order valence-corrected chi connectivity index (χ2v) is 7.14. The molecule has 15 heavy (non-hydrogen) atoms. The van der Waals surface area contributed by atoms with Crippen molar-refractivity contribution in [3.63, 3.8) is 0 Å². The van der Waals surface area contributed by atoms with Gasteiger partial charge in [0, 0.05) is 12.1 Å². The van der Waals surface area contributed by atoms with E-state index in [-0.39, 0.29) is 0 Å². The molecule has 1 N–H and O–H groups in total. The first-order valence-electron chi connectivity index (χ1n) is 6.78. The van der Waals surface area contributed by atoms with E-state index in [2.05, 4.69) is 26.1 Å². The van der Waals surface area contributed by atoms with Gasteiger partial charge in [0.25, 0.3) is 0 Å². The summed E-state index contributed by atoms with van der Waals surface area (Å²) in [7, 11) is 0. The molecule has 1 unspecified atom stereocenters. The molecule has 3 aliphatic carbocycles. The first-order valence-corrected chi connectivity index (χ1v) is 6.78. The smallest absolute Gasteiger partial charge is 0.0177 e. The predicted octanol–water partition coefficient (Wildman–Crippen LogP) is 3.34. The Morgan fingerprint density at radius 1 is 1.07 bits per heavy atom. The molecule has 0 aromatic carbocycles. The molecule has 86 valence electrons.